The maximum absolute atomic E-state index is 11.5. The third-order valence-electron chi connectivity index (χ3n) is 3.35. The molecule has 2 aromatic rings. The predicted molar refractivity (Wildman–Crippen MR) is 70.1 cm³/mol. The van der Waals surface area contributed by atoms with E-state index in [1.807, 2.05) is 24.3 Å². The van der Waals surface area contributed by atoms with Gasteiger partial charge in [-0.15, -0.1) is 0 Å². The van der Waals surface area contributed by atoms with E-state index < -0.39 is 0 Å². The van der Waals surface area contributed by atoms with Gasteiger partial charge in [0, 0.05) is 31.0 Å². The summed E-state index contributed by atoms with van der Waals surface area (Å²) < 4.78 is 2.19. The van der Waals surface area contributed by atoms with Crippen molar-refractivity contribution in [1.29, 1.82) is 0 Å². The van der Waals surface area contributed by atoms with Gasteiger partial charge >= 0.3 is 0 Å². The van der Waals surface area contributed by atoms with E-state index in [-0.39, 0.29) is 5.91 Å². The molecule has 1 aliphatic rings. The number of carbonyl (C=O) groups is 1. The van der Waals surface area contributed by atoms with Crippen molar-refractivity contribution in [1.82, 2.24) is 9.88 Å². The second-order valence-corrected chi connectivity index (χ2v) is 4.45. The van der Waals surface area contributed by atoms with Gasteiger partial charge in [-0.1, -0.05) is 30.3 Å². The van der Waals surface area contributed by atoms with Crippen LogP contribution in [-0.2, 0) is 13.1 Å². The maximum atomic E-state index is 11.5. The molecule has 4 heteroatoms. The molecule has 1 amide bonds. The zero-order chi connectivity index (χ0) is 12.5. The number of primary amides is 1. The van der Waals surface area contributed by atoms with Gasteiger partial charge in [0.25, 0.3) is 5.91 Å². The molecule has 1 aliphatic heterocycles. The average Bonchev–Trinajstić information content (AvgIpc) is 2.79. The number of aromatic nitrogens is 1. The molecule has 0 fully saturated rings. The minimum absolute atomic E-state index is 0.357. The lowest BCUT2D eigenvalue weighted by Crippen LogP contribution is -2.29. The molecule has 0 aliphatic carbocycles. The molecule has 3 N–H and O–H groups in total. The van der Waals surface area contributed by atoms with E-state index in [0.29, 0.717) is 12.1 Å². The number of hydrogen-bond acceptors (Lipinski definition) is 2. The SMILES string of the molecule is NC(=O)c1cc(-c2ccccc2)n2c1CNCC2. The normalized spacial score (nSPS) is 14.2. The molecule has 92 valence electrons. The highest BCUT2D eigenvalue weighted by Gasteiger charge is 2.21. The average molecular weight is 241 g/mol. The Hall–Kier alpha value is -2.07. The minimum atomic E-state index is -0.357. The smallest absolute Gasteiger partial charge is 0.250 e. The third kappa shape index (κ3) is 1.71. The van der Waals surface area contributed by atoms with Crippen LogP contribution in [0.15, 0.2) is 36.4 Å². The molecule has 18 heavy (non-hydrogen) atoms. The number of rotatable bonds is 2. The zero-order valence-electron chi connectivity index (χ0n) is 10.0. The summed E-state index contributed by atoms with van der Waals surface area (Å²) in [4.78, 5) is 11.5. The fraction of sp³-hybridized carbons (Fsp3) is 0.214. The van der Waals surface area contributed by atoms with Crippen molar-refractivity contribution in [3.63, 3.8) is 0 Å². The molecule has 0 unspecified atom stereocenters. The molecule has 0 saturated heterocycles. The van der Waals surface area contributed by atoms with Gasteiger partial charge in [-0.05, 0) is 11.6 Å². The van der Waals surface area contributed by atoms with Gasteiger partial charge in [-0.3, -0.25) is 4.79 Å². The predicted octanol–water partition coefficient (Wildman–Crippen LogP) is 1.36. The summed E-state index contributed by atoms with van der Waals surface area (Å²) >= 11 is 0. The molecule has 0 bridgehead atoms. The van der Waals surface area contributed by atoms with Crippen molar-refractivity contribution in [3.05, 3.63) is 47.7 Å². The molecule has 0 radical (unpaired) electrons. The number of hydrogen-bond donors (Lipinski definition) is 2. The second kappa shape index (κ2) is 4.31. The van der Waals surface area contributed by atoms with E-state index >= 15 is 0 Å². The molecule has 1 aromatic carbocycles. The molecule has 0 spiro atoms. The summed E-state index contributed by atoms with van der Waals surface area (Å²) in [5.41, 5.74) is 9.26. The fourth-order valence-electron chi connectivity index (χ4n) is 2.49. The molecule has 4 nitrogen and oxygen atoms in total. The topological polar surface area (TPSA) is 60.1 Å². The number of nitrogens with two attached hydrogens (primary N) is 1. The Labute approximate surface area is 105 Å². The molecular weight excluding hydrogens is 226 g/mol. The monoisotopic (exact) mass is 241 g/mol. The van der Waals surface area contributed by atoms with Crippen LogP contribution in [0.1, 0.15) is 16.1 Å². The lowest BCUT2D eigenvalue weighted by atomic mass is 10.1. The van der Waals surface area contributed by atoms with Crippen LogP contribution in [0, 0.1) is 0 Å². The van der Waals surface area contributed by atoms with Crippen LogP contribution in [0.4, 0.5) is 0 Å². The minimum Gasteiger partial charge on any atom is -0.366 e. The molecule has 3 rings (SSSR count). The zero-order valence-corrected chi connectivity index (χ0v) is 10.0. The van der Waals surface area contributed by atoms with Gasteiger partial charge in [0.05, 0.1) is 5.56 Å². The van der Waals surface area contributed by atoms with Gasteiger partial charge in [-0.2, -0.15) is 0 Å². The Morgan fingerprint density at radius 3 is 2.78 bits per heavy atom. The first-order valence-corrected chi connectivity index (χ1v) is 6.05. The van der Waals surface area contributed by atoms with Crippen LogP contribution in [0.5, 0.6) is 0 Å². The first kappa shape index (κ1) is 11.0. The number of benzene rings is 1. The fourth-order valence-corrected chi connectivity index (χ4v) is 2.49. The Balaban J connectivity index is 2.18. The van der Waals surface area contributed by atoms with Crippen molar-refractivity contribution in [2.45, 2.75) is 13.1 Å². The van der Waals surface area contributed by atoms with E-state index in [2.05, 4.69) is 22.0 Å². The number of carbonyl (C=O) groups excluding carboxylic acids is 1. The van der Waals surface area contributed by atoms with Gasteiger partial charge in [0.15, 0.2) is 0 Å². The van der Waals surface area contributed by atoms with Crippen LogP contribution in [0.2, 0.25) is 0 Å². The summed E-state index contributed by atoms with van der Waals surface area (Å²) in [6.45, 7) is 2.48. The van der Waals surface area contributed by atoms with Crippen LogP contribution >= 0.6 is 0 Å². The maximum Gasteiger partial charge on any atom is 0.250 e. The summed E-state index contributed by atoms with van der Waals surface area (Å²) in [7, 11) is 0. The Kier molecular flexibility index (Phi) is 2.64. The lowest BCUT2D eigenvalue weighted by Gasteiger charge is -2.19. The van der Waals surface area contributed by atoms with Crippen molar-refractivity contribution in [3.8, 4) is 11.3 Å². The highest BCUT2D eigenvalue weighted by Crippen LogP contribution is 2.27. The van der Waals surface area contributed by atoms with E-state index in [0.717, 1.165) is 30.0 Å². The molecular formula is C14H15N3O. The van der Waals surface area contributed by atoms with Crippen LogP contribution in [0.25, 0.3) is 11.3 Å². The summed E-state index contributed by atoms with van der Waals surface area (Å²) in [6, 6.07) is 12.0. The second-order valence-electron chi connectivity index (χ2n) is 4.45. The number of nitrogens with one attached hydrogen (secondary N) is 1. The molecule has 0 atom stereocenters. The van der Waals surface area contributed by atoms with Crippen molar-refractivity contribution in [2.75, 3.05) is 6.54 Å². The van der Waals surface area contributed by atoms with Gasteiger partial charge in [0.2, 0.25) is 0 Å². The Morgan fingerprint density at radius 2 is 2.06 bits per heavy atom. The number of amides is 1. The largest absolute Gasteiger partial charge is 0.366 e. The van der Waals surface area contributed by atoms with Gasteiger partial charge in [0.1, 0.15) is 0 Å². The van der Waals surface area contributed by atoms with Crippen LogP contribution in [-0.4, -0.2) is 17.0 Å². The summed E-state index contributed by atoms with van der Waals surface area (Å²) in [5.74, 6) is -0.357. The first-order chi connectivity index (χ1) is 8.77. The standard InChI is InChI=1S/C14H15N3O/c15-14(18)11-8-12(10-4-2-1-3-5-10)17-7-6-16-9-13(11)17/h1-5,8,16H,6-7,9H2,(H2,15,18). The summed E-state index contributed by atoms with van der Waals surface area (Å²) in [6.07, 6.45) is 0. The van der Waals surface area contributed by atoms with Crippen molar-refractivity contribution < 1.29 is 4.79 Å². The van der Waals surface area contributed by atoms with Crippen LogP contribution < -0.4 is 11.1 Å². The van der Waals surface area contributed by atoms with E-state index in [4.69, 9.17) is 5.73 Å². The molecule has 1 aromatic heterocycles. The Bertz CT molecular complexity index is 587. The van der Waals surface area contributed by atoms with Crippen LogP contribution in [0.3, 0.4) is 0 Å². The highest BCUT2D eigenvalue weighted by atomic mass is 16.1. The van der Waals surface area contributed by atoms with Crippen molar-refractivity contribution >= 4 is 5.91 Å². The number of fused-ring (bicyclic) bond motifs is 1. The molecule has 2 heterocycles. The van der Waals surface area contributed by atoms with E-state index in [9.17, 15) is 4.79 Å². The van der Waals surface area contributed by atoms with E-state index in [1.165, 1.54) is 0 Å². The molecule has 0 saturated carbocycles. The van der Waals surface area contributed by atoms with Crippen molar-refractivity contribution in [2.24, 2.45) is 5.73 Å². The van der Waals surface area contributed by atoms with Gasteiger partial charge in [-0.25, -0.2) is 0 Å². The number of nitrogens with zero attached hydrogens (tertiary/aromatic N) is 1. The quantitative estimate of drug-likeness (QED) is 0.834. The first-order valence-electron chi connectivity index (χ1n) is 6.05. The lowest BCUT2D eigenvalue weighted by molar-refractivity contribution is 0.0999. The third-order valence-corrected chi connectivity index (χ3v) is 3.35. The highest BCUT2D eigenvalue weighted by molar-refractivity contribution is 5.95. The van der Waals surface area contributed by atoms with Gasteiger partial charge < -0.3 is 15.6 Å². The van der Waals surface area contributed by atoms with E-state index in [1.54, 1.807) is 0 Å². The Morgan fingerprint density at radius 1 is 1.28 bits per heavy atom. The summed E-state index contributed by atoms with van der Waals surface area (Å²) in [5, 5.41) is 3.27.